The van der Waals surface area contributed by atoms with Gasteiger partial charge in [-0.25, -0.2) is 0 Å². The third-order valence-corrected chi connectivity index (χ3v) is 3.97. The Hall–Kier alpha value is -0.860. The second-order valence-corrected chi connectivity index (χ2v) is 6.64. The molecule has 1 aromatic carbocycles. The van der Waals surface area contributed by atoms with Gasteiger partial charge in [0, 0.05) is 19.6 Å². The van der Waals surface area contributed by atoms with E-state index in [1.165, 1.54) is 50.1 Å². The molecule has 0 amide bonds. The monoisotopic (exact) mass is 260 g/mol. The molecule has 0 unspecified atom stereocenters. The van der Waals surface area contributed by atoms with Crippen LogP contribution in [0.5, 0.6) is 0 Å². The van der Waals surface area contributed by atoms with E-state index >= 15 is 0 Å². The van der Waals surface area contributed by atoms with E-state index in [9.17, 15) is 0 Å². The predicted octanol–water partition coefficient (Wildman–Crippen LogP) is 2.82. The molecule has 1 heterocycles. The van der Waals surface area contributed by atoms with Crippen molar-refractivity contribution in [3.05, 3.63) is 35.4 Å². The number of nitrogens with one attached hydrogen (secondary N) is 1. The number of rotatable bonds is 3. The number of hydrogen-bond acceptors (Lipinski definition) is 2. The molecule has 1 N–H and O–H groups in total. The Morgan fingerprint density at radius 2 is 1.79 bits per heavy atom. The van der Waals surface area contributed by atoms with Crippen LogP contribution in [0, 0.1) is 0 Å². The lowest BCUT2D eigenvalue weighted by Gasteiger charge is -2.21. The fourth-order valence-corrected chi connectivity index (χ4v) is 2.58. The van der Waals surface area contributed by atoms with Crippen molar-refractivity contribution in [1.29, 1.82) is 0 Å². The van der Waals surface area contributed by atoms with Gasteiger partial charge in [0.15, 0.2) is 0 Å². The SMILES string of the molecule is CC(C)(C)c1ccc(CCN2CCCNCC2)cc1. The Bertz CT molecular complexity index is 367. The minimum Gasteiger partial charge on any atom is -0.315 e. The van der Waals surface area contributed by atoms with E-state index in [1.54, 1.807) is 0 Å². The van der Waals surface area contributed by atoms with Crippen molar-refractivity contribution < 1.29 is 0 Å². The molecule has 1 saturated heterocycles. The van der Waals surface area contributed by atoms with Crippen molar-refractivity contribution in [2.75, 3.05) is 32.7 Å². The Kier molecular flexibility index (Phi) is 5.00. The van der Waals surface area contributed by atoms with Gasteiger partial charge in [0.25, 0.3) is 0 Å². The quantitative estimate of drug-likeness (QED) is 0.899. The number of nitrogens with zero attached hydrogens (tertiary/aromatic N) is 1. The first-order valence-electron chi connectivity index (χ1n) is 7.58. The minimum atomic E-state index is 0.259. The molecule has 1 aliphatic rings. The lowest BCUT2D eigenvalue weighted by Crippen LogP contribution is -2.30. The van der Waals surface area contributed by atoms with Gasteiger partial charge in [-0.1, -0.05) is 45.0 Å². The lowest BCUT2D eigenvalue weighted by molar-refractivity contribution is 0.296. The summed E-state index contributed by atoms with van der Waals surface area (Å²) in [6, 6.07) is 9.19. The molecule has 0 aromatic heterocycles. The lowest BCUT2D eigenvalue weighted by atomic mass is 9.86. The van der Waals surface area contributed by atoms with Gasteiger partial charge in [-0.15, -0.1) is 0 Å². The van der Waals surface area contributed by atoms with Crippen LogP contribution in [-0.4, -0.2) is 37.6 Å². The van der Waals surface area contributed by atoms with Gasteiger partial charge in [0.05, 0.1) is 0 Å². The second-order valence-electron chi connectivity index (χ2n) is 6.64. The summed E-state index contributed by atoms with van der Waals surface area (Å²) in [6.07, 6.45) is 2.45. The summed E-state index contributed by atoms with van der Waals surface area (Å²) < 4.78 is 0. The van der Waals surface area contributed by atoms with Gasteiger partial charge < -0.3 is 10.2 Å². The van der Waals surface area contributed by atoms with Crippen molar-refractivity contribution in [1.82, 2.24) is 10.2 Å². The highest BCUT2D eigenvalue weighted by Gasteiger charge is 2.13. The molecule has 1 aliphatic heterocycles. The summed E-state index contributed by atoms with van der Waals surface area (Å²) >= 11 is 0. The molecule has 0 bridgehead atoms. The summed E-state index contributed by atoms with van der Waals surface area (Å²) in [5.74, 6) is 0. The van der Waals surface area contributed by atoms with Gasteiger partial charge >= 0.3 is 0 Å². The fourth-order valence-electron chi connectivity index (χ4n) is 2.58. The first kappa shape index (κ1) is 14.5. The van der Waals surface area contributed by atoms with E-state index in [0.29, 0.717) is 0 Å². The largest absolute Gasteiger partial charge is 0.315 e. The summed E-state index contributed by atoms with van der Waals surface area (Å²) in [4.78, 5) is 2.58. The molecule has 0 atom stereocenters. The Morgan fingerprint density at radius 1 is 1.05 bits per heavy atom. The third-order valence-electron chi connectivity index (χ3n) is 3.97. The summed E-state index contributed by atoms with van der Waals surface area (Å²) in [5, 5.41) is 3.46. The third kappa shape index (κ3) is 4.63. The molecular weight excluding hydrogens is 232 g/mol. The molecule has 1 fully saturated rings. The highest BCUT2D eigenvalue weighted by molar-refractivity contribution is 5.27. The van der Waals surface area contributed by atoms with Gasteiger partial charge in [-0.3, -0.25) is 0 Å². The van der Waals surface area contributed by atoms with Crippen LogP contribution in [0.2, 0.25) is 0 Å². The molecule has 1 aromatic rings. The molecule has 2 nitrogen and oxygen atoms in total. The highest BCUT2D eigenvalue weighted by Crippen LogP contribution is 2.22. The van der Waals surface area contributed by atoms with Crippen molar-refractivity contribution in [3.8, 4) is 0 Å². The van der Waals surface area contributed by atoms with E-state index in [2.05, 4.69) is 55.3 Å². The first-order chi connectivity index (χ1) is 9.05. The minimum absolute atomic E-state index is 0.259. The fraction of sp³-hybridized carbons (Fsp3) is 0.647. The Labute approximate surface area is 118 Å². The smallest absolute Gasteiger partial charge is 0.0107 e. The average molecular weight is 260 g/mol. The van der Waals surface area contributed by atoms with Crippen molar-refractivity contribution in [2.24, 2.45) is 0 Å². The summed E-state index contributed by atoms with van der Waals surface area (Å²) in [7, 11) is 0. The van der Waals surface area contributed by atoms with E-state index in [4.69, 9.17) is 0 Å². The van der Waals surface area contributed by atoms with Gasteiger partial charge in [-0.05, 0) is 42.5 Å². The van der Waals surface area contributed by atoms with E-state index < -0.39 is 0 Å². The maximum Gasteiger partial charge on any atom is 0.0107 e. The van der Waals surface area contributed by atoms with E-state index in [1.807, 2.05) is 0 Å². The molecule has 0 saturated carbocycles. The average Bonchev–Trinajstić information content (AvgIpc) is 2.64. The van der Waals surface area contributed by atoms with Crippen molar-refractivity contribution in [2.45, 2.75) is 39.0 Å². The van der Waals surface area contributed by atoms with Crippen molar-refractivity contribution >= 4 is 0 Å². The van der Waals surface area contributed by atoms with Crippen LogP contribution in [0.1, 0.15) is 38.3 Å². The normalized spacial score (nSPS) is 18.3. The van der Waals surface area contributed by atoms with Crippen LogP contribution in [0.4, 0.5) is 0 Å². The molecule has 0 spiro atoms. The standard InChI is InChI=1S/C17H28N2/c1-17(2,3)16-7-5-15(6-8-16)9-13-19-12-4-10-18-11-14-19/h5-8,18H,4,9-14H2,1-3H3. The Balaban J connectivity index is 1.85. The van der Waals surface area contributed by atoms with Crippen LogP contribution < -0.4 is 5.32 Å². The van der Waals surface area contributed by atoms with Crippen LogP contribution in [0.25, 0.3) is 0 Å². The molecule has 19 heavy (non-hydrogen) atoms. The maximum absolute atomic E-state index is 3.46. The molecule has 2 heteroatoms. The maximum atomic E-state index is 3.46. The Morgan fingerprint density at radius 3 is 2.47 bits per heavy atom. The zero-order valence-electron chi connectivity index (χ0n) is 12.7. The summed E-state index contributed by atoms with van der Waals surface area (Å²) in [5.41, 5.74) is 3.15. The molecule has 2 rings (SSSR count). The topological polar surface area (TPSA) is 15.3 Å². The first-order valence-corrected chi connectivity index (χ1v) is 7.58. The number of benzene rings is 1. The van der Waals surface area contributed by atoms with Crippen LogP contribution >= 0.6 is 0 Å². The molecule has 0 aliphatic carbocycles. The zero-order chi connectivity index (χ0) is 13.7. The molecule has 106 valence electrons. The van der Waals surface area contributed by atoms with E-state index in [0.717, 1.165) is 6.54 Å². The van der Waals surface area contributed by atoms with Crippen LogP contribution in [-0.2, 0) is 11.8 Å². The second kappa shape index (κ2) is 6.53. The van der Waals surface area contributed by atoms with Gasteiger partial charge in [-0.2, -0.15) is 0 Å². The predicted molar refractivity (Wildman–Crippen MR) is 82.8 cm³/mol. The summed E-state index contributed by atoms with van der Waals surface area (Å²) in [6.45, 7) is 12.8. The van der Waals surface area contributed by atoms with Gasteiger partial charge in [0.2, 0.25) is 0 Å². The van der Waals surface area contributed by atoms with Crippen LogP contribution in [0.3, 0.4) is 0 Å². The van der Waals surface area contributed by atoms with E-state index in [-0.39, 0.29) is 5.41 Å². The highest BCUT2D eigenvalue weighted by atomic mass is 15.1. The van der Waals surface area contributed by atoms with Crippen LogP contribution in [0.15, 0.2) is 24.3 Å². The van der Waals surface area contributed by atoms with Crippen molar-refractivity contribution in [3.63, 3.8) is 0 Å². The zero-order valence-corrected chi connectivity index (χ0v) is 12.7. The molecular formula is C17H28N2. The molecule has 0 radical (unpaired) electrons. The number of hydrogen-bond donors (Lipinski definition) is 1. The van der Waals surface area contributed by atoms with Gasteiger partial charge in [0.1, 0.15) is 0 Å².